The zero-order valence-electron chi connectivity index (χ0n) is 11.7. The molecule has 0 saturated carbocycles. The Kier molecular flexibility index (Phi) is 9.65. The van der Waals surface area contributed by atoms with Crippen molar-refractivity contribution in [2.24, 2.45) is 5.92 Å². The first-order valence-corrected chi connectivity index (χ1v) is 6.73. The second kappa shape index (κ2) is 9.86. The van der Waals surface area contributed by atoms with Gasteiger partial charge in [-0.3, -0.25) is 4.90 Å². The summed E-state index contributed by atoms with van der Waals surface area (Å²) in [7, 11) is 0. The Hall–Kier alpha value is -0.340. The Morgan fingerprint density at radius 3 is 2.50 bits per heavy atom. The molecule has 0 fully saturated rings. The summed E-state index contributed by atoms with van der Waals surface area (Å²) in [6, 6.07) is 0. The highest BCUT2D eigenvalue weighted by Gasteiger charge is 2.08. The molecular weight excluding hydrogens is 196 g/mol. The van der Waals surface area contributed by atoms with Crippen molar-refractivity contribution < 1.29 is 0 Å². The summed E-state index contributed by atoms with van der Waals surface area (Å²) in [5.41, 5.74) is 1.30. The molecule has 0 aliphatic heterocycles. The predicted molar refractivity (Wildman–Crippen MR) is 73.9 cm³/mol. The lowest BCUT2D eigenvalue weighted by Gasteiger charge is -2.24. The maximum absolute atomic E-state index is 4.14. The molecule has 2 heteroatoms. The van der Waals surface area contributed by atoms with E-state index < -0.39 is 0 Å². The van der Waals surface area contributed by atoms with E-state index in [1.165, 1.54) is 25.0 Å². The third-order valence-corrected chi connectivity index (χ3v) is 2.96. The molecule has 16 heavy (non-hydrogen) atoms. The maximum atomic E-state index is 4.14. The molecule has 0 aromatic heterocycles. The lowest BCUT2D eigenvalue weighted by atomic mass is 10.1. The summed E-state index contributed by atoms with van der Waals surface area (Å²) in [5, 5.41) is 3.41. The molecule has 0 aliphatic carbocycles. The SMILES string of the molecule is C=C(CNCCC)CN(CC)CC(C)CC. The molecule has 0 amide bonds. The van der Waals surface area contributed by atoms with E-state index >= 15 is 0 Å². The first-order chi connectivity index (χ1) is 7.63. The largest absolute Gasteiger partial charge is 0.313 e. The van der Waals surface area contributed by atoms with Crippen molar-refractivity contribution in [3.8, 4) is 0 Å². The van der Waals surface area contributed by atoms with Crippen molar-refractivity contribution in [1.82, 2.24) is 10.2 Å². The molecule has 0 radical (unpaired) electrons. The van der Waals surface area contributed by atoms with Crippen molar-refractivity contribution in [2.45, 2.75) is 40.5 Å². The molecule has 1 atom stereocenters. The van der Waals surface area contributed by atoms with Gasteiger partial charge in [0.2, 0.25) is 0 Å². The topological polar surface area (TPSA) is 15.3 Å². The number of rotatable bonds is 10. The van der Waals surface area contributed by atoms with Crippen LogP contribution in [0.25, 0.3) is 0 Å². The summed E-state index contributed by atoms with van der Waals surface area (Å²) in [6.45, 7) is 18.6. The number of nitrogens with one attached hydrogen (secondary N) is 1. The Labute approximate surface area is 102 Å². The summed E-state index contributed by atoms with van der Waals surface area (Å²) in [6.07, 6.45) is 2.45. The van der Waals surface area contributed by atoms with E-state index in [0.29, 0.717) is 0 Å². The van der Waals surface area contributed by atoms with Crippen LogP contribution in [0, 0.1) is 5.92 Å². The van der Waals surface area contributed by atoms with Crippen LogP contribution in [-0.2, 0) is 0 Å². The average Bonchev–Trinajstić information content (AvgIpc) is 2.28. The van der Waals surface area contributed by atoms with Gasteiger partial charge in [0.15, 0.2) is 0 Å². The van der Waals surface area contributed by atoms with Crippen LogP contribution in [0.3, 0.4) is 0 Å². The Morgan fingerprint density at radius 2 is 2.00 bits per heavy atom. The fourth-order valence-electron chi connectivity index (χ4n) is 1.69. The van der Waals surface area contributed by atoms with Crippen molar-refractivity contribution >= 4 is 0 Å². The molecule has 0 spiro atoms. The van der Waals surface area contributed by atoms with E-state index in [-0.39, 0.29) is 0 Å². The summed E-state index contributed by atoms with van der Waals surface area (Å²) < 4.78 is 0. The first-order valence-electron chi connectivity index (χ1n) is 6.73. The fourth-order valence-corrected chi connectivity index (χ4v) is 1.69. The smallest absolute Gasteiger partial charge is 0.0202 e. The first kappa shape index (κ1) is 15.7. The van der Waals surface area contributed by atoms with Crippen LogP contribution in [0.4, 0.5) is 0 Å². The Balaban J connectivity index is 3.78. The molecule has 0 aromatic carbocycles. The molecular formula is C14H30N2. The molecule has 1 N–H and O–H groups in total. The summed E-state index contributed by atoms with van der Waals surface area (Å²) >= 11 is 0. The van der Waals surface area contributed by atoms with Gasteiger partial charge in [0.1, 0.15) is 0 Å². The van der Waals surface area contributed by atoms with Gasteiger partial charge in [-0.05, 0) is 31.0 Å². The molecule has 0 heterocycles. The average molecular weight is 226 g/mol. The third kappa shape index (κ3) is 7.89. The van der Waals surface area contributed by atoms with Crippen molar-refractivity contribution in [3.05, 3.63) is 12.2 Å². The molecule has 0 aliphatic rings. The van der Waals surface area contributed by atoms with Gasteiger partial charge in [-0.2, -0.15) is 0 Å². The number of likely N-dealkylation sites (N-methyl/N-ethyl adjacent to an activating group) is 1. The van der Waals surface area contributed by atoms with E-state index in [1.54, 1.807) is 0 Å². The Morgan fingerprint density at radius 1 is 1.31 bits per heavy atom. The van der Waals surface area contributed by atoms with Crippen LogP contribution in [0.15, 0.2) is 12.2 Å². The van der Waals surface area contributed by atoms with E-state index in [9.17, 15) is 0 Å². The lowest BCUT2D eigenvalue weighted by Crippen LogP contribution is -2.32. The minimum absolute atomic E-state index is 0.788. The third-order valence-electron chi connectivity index (χ3n) is 2.96. The van der Waals surface area contributed by atoms with Gasteiger partial charge < -0.3 is 5.32 Å². The maximum Gasteiger partial charge on any atom is 0.0202 e. The number of hydrogen-bond donors (Lipinski definition) is 1. The number of nitrogens with zero attached hydrogens (tertiary/aromatic N) is 1. The standard InChI is InChI=1S/C14H30N2/c1-6-9-15-10-14(5)12-16(8-3)11-13(4)7-2/h13,15H,5-12H2,1-4H3. The van der Waals surface area contributed by atoms with Crippen LogP contribution >= 0.6 is 0 Å². The highest BCUT2D eigenvalue weighted by molar-refractivity contribution is 4.99. The quantitative estimate of drug-likeness (QED) is 0.455. The molecule has 2 nitrogen and oxygen atoms in total. The zero-order valence-corrected chi connectivity index (χ0v) is 11.7. The van der Waals surface area contributed by atoms with Crippen LogP contribution in [0.2, 0.25) is 0 Å². The van der Waals surface area contributed by atoms with Crippen molar-refractivity contribution in [2.75, 3.05) is 32.7 Å². The van der Waals surface area contributed by atoms with Gasteiger partial charge in [0.25, 0.3) is 0 Å². The van der Waals surface area contributed by atoms with Gasteiger partial charge in [0.05, 0.1) is 0 Å². The van der Waals surface area contributed by atoms with Gasteiger partial charge >= 0.3 is 0 Å². The second-order valence-electron chi connectivity index (χ2n) is 4.77. The van der Waals surface area contributed by atoms with Gasteiger partial charge in [-0.25, -0.2) is 0 Å². The summed E-state index contributed by atoms with van der Waals surface area (Å²) in [4.78, 5) is 2.49. The molecule has 0 bridgehead atoms. The highest BCUT2D eigenvalue weighted by Crippen LogP contribution is 2.05. The van der Waals surface area contributed by atoms with E-state index in [1.807, 2.05) is 0 Å². The molecule has 0 aromatic rings. The molecule has 1 unspecified atom stereocenters. The van der Waals surface area contributed by atoms with Crippen molar-refractivity contribution in [1.29, 1.82) is 0 Å². The summed E-state index contributed by atoms with van der Waals surface area (Å²) in [5.74, 6) is 0.788. The predicted octanol–water partition coefficient (Wildman–Crippen LogP) is 2.91. The van der Waals surface area contributed by atoms with Crippen LogP contribution in [-0.4, -0.2) is 37.6 Å². The zero-order chi connectivity index (χ0) is 12.4. The van der Waals surface area contributed by atoms with Gasteiger partial charge in [0, 0.05) is 19.6 Å². The van der Waals surface area contributed by atoms with Gasteiger partial charge in [-0.1, -0.05) is 40.7 Å². The Bertz CT molecular complexity index is 178. The van der Waals surface area contributed by atoms with E-state index in [4.69, 9.17) is 0 Å². The minimum atomic E-state index is 0.788. The molecule has 96 valence electrons. The number of hydrogen-bond acceptors (Lipinski definition) is 2. The van der Waals surface area contributed by atoms with E-state index in [2.05, 4.69) is 44.5 Å². The lowest BCUT2D eigenvalue weighted by molar-refractivity contribution is 0.263. The monoisotopic (exact) mass is 226 g/mol. The van der Waals surface area contributed by atoms with Crippen LogP contribution in [0.1, 0.15) is 40.5 Å². The van der Waals surface area contributed by atoms with Crippen molar-refractivity contribution in [3.63, 3.8) is 0 Å². The molecule has 0 saturated heterocycles. The van der Waals surface area contributed by atoms with Crippen LogP contribution in [0.5, 0.6) is 0 Å². The second-order valence-corrected chi connectivity index (χ2v) is 4.77. The fraction of sp³-hybridized carbons (Fsp3) is 0.857. The minimum Gasteiger partial charge on any atom is -0.313 e. The van der Waals surface area contributed by atoms with Crippen LogP contribution < -0.4 is 5.32 Å². The van der Waals surface area contributed by atoms with Gasteiger partial charge in [-0.15, -0.1) is 0 Å². The molecule has 0 rings (SSSR count). The highest BCUT2D eigenvalue weighted by atomic mass is 15.1. The normalized spacial score (nSPS) is 13.1. The van der Waals surface area contributed by atoms with E-state index in [0.717, 1.165) is 32.1 Å².